The standard InChI is InChI=1S/C26H15F9N2O/c27-23(28,24(29,30)25(31,32)26(33,34)35)19-14-17(15-6-2-1-3-7-15)11-12-18(19)22(38)37-20-10-4-8-16-9-5-13-36-21(16)20/h1-14H,(H,37,38). The van der Waals surface area contributed by atoms with Gasteiger partial charge in [-0.2, -0.15) is 39.5 Å². The van der Waals surface area contributed by atoms with Crippen LogP contribution in [0.15, 0.2) is 85.1 Å². The molecule has 3 nitrogen and oxygen atoms in total. The monoisotopic (exact) mass is 542 g/mol. The van der Waals surface area contributed by atoms with Gasteiger partial charge in [-0.1, -0.05) is 54.6 Å². The summed E-state index contributed by atoms with van der Waals surface area (Å²) >= 11 is 0. The van der Waals surface area contributed by atoms with Crippen LogP contribution in [0.3, 0.4) is 0 Å². The number of halogens is 9. The van der Waals surface area contributed by atoms with E-state index in [1.54, 1.807) is 18.2 Å². The fraction of sp³-hybridized carbons (Fsp3) is 0.154. The van der Waals surface area contributed by atoms with Crippen molar-refractivity contribution in [3.8, 4) is 11.1 Å². The molecular formula is C26H15F9N2O. The molecule has 1 N–H and O–H groups in total. The molecule has 1 heterocycles. The van der Waals surface area contributed by atoms with Crippen LogP contribution in [0.4, 0.5) is 45.2 Å². The Morgan fingerprint density at radius 3 is 2.00 bits per heavy atom. The zero-order valence-corrected chi connectivity index (χ0v) is 18.8. The lowest BCUT2D eigenvalue weighted by atomic mass is 9.89. The first-order valence-corrected chi connectivity index (χ1v) is 10.7. The zero-order valence-electron chi connectivity index (χ0n) is 18.8. The molecule has 4 rings (SSSR count). The molecule has 0 radical (unpaired) electrons. The average Bonchev–Trinajstić information content (AvgIpc) is 2.88. The van der Waals surface area contributed by atoms with Gasteiger partial charge in [-0.15, -0.1) is 0 Å². The van der Waals surface area contributed by atoms with E-state index in [1.807, 2.05) is 0 Å². The maximum atomic E-state index is 15.1. The number of fused-ring (bicyclic) bond motifs is 1. The van der Waals surface area contributed by atoms with Crippen LogP contribution in [0, 0.1) is 0 Å². The van der Waals surface area contributed by atoms with Crippen molar-refractivity contribution in [2.24, 2.45) is 0 Å². The molecule has 198 valence electrons. The highest BCUT2D eigenvalue weighted by atomic mass is 19.4. The number of anilines is 1. The number of carbonyl (C=O) groups excluding carboxylic acids is 1. The van der Waals surface area contributed by atoms with Crippen molar-refractivity contribution in [1.82, 2.24) is 4.98 Å². The van der Waals surface area contributed by atoms with Crippen molar-refractivity contribution in [2.75, 3.05) is 5.32 Å². The molecule has 0 saturated heterocycles. The molecule has 0 fully saturated rings. The molecule has 38 heavy (non-hydrogen) atoms. The summed E-state index contributed by atoms with van der Waals surface area (Å²) in [7, 11) is 0. The minimum Gasteiger partial charge on any atom is -0.320 e. The van der Waals surface area contributed by atoms with Gasteiger partial charge in [-0.25, -0.2) is 0 Å². The van der Waals surface area contributed by atoms with Crippen LogP contribution in [-0.2, 0) is 5.92 Å². The van der Waals surface area contributed by atoms with Crippen molar-refractivity contribution >= 4 is 22.5 Å². The Morgan fingerprint density at radius 1 is 0.684 bits per heavy atom. The van der Waals surface area contributed by atoms with E-state index in [4.69, 9.17) is 0 Å². The summed E-state index contributed by atoms with van der Waals surface area (Å²) in [5.74, 6) is -21.7. The SMILES string of the molecule is O=C(Nc1cccc2cccnc12)c1ccc(-c2ccccc2)cc1C(F)(F)C(F)(F)C(F)(F)C(F)(F)F. The van der Waals surface area contributed by atoms with Crippen LogP contribution in [-0.4, -0.2) is 28.9 Å². The van der Waals surface area contributed by atoms with E-state index < -0.39 is 41.0 Å². The molecule has 0 aliphatic carbocycles. The third-order valence-corrected chi connectivity index (χ3v) is 5.74. The van der Waals surface area contributed by atoms with E-state index in [0.717, 1.165) is 6.07 Å². The quantitative estimate of drug-likeness (QED) is 0.250. The van der Waals surface area contributed by atoms with Gasteiger partial charge in [-0.05, 0) is 35.4 Å². The predicted molar refractivity (Wildman–Crippen MR) is 121 cm³/mol. The van der Waals surface area contributed by atoms with Gasteiger partial charge in [0.25, 0.3) is 5.91 Å². The van der Waals surface area contributed by atoms with Crippen LogP contribution in [0.1, 0.15) is 15.9 Å². The summed E-state index contributed by atoms with van der Waals surface area (Å²) in [6.45, 7) is 0. The lowest BCUT2D eigenvalue weighted by Gasteiger charge is -2.34. The van der Waals surface area contributed by atoms with Crippen molar-refractivity contribution in [3.05, 3.63) is 96.2 Å². The van der Waals surface area contributed by atoms with Gasteiger partial charge >= 0.3 is 23.9 Å². The first-order valence-electron chi connectivity index (χ1n) is 10.7. The second kappa shape index (κ2) is 9.34. The highest BCUT2D eigenvalue weighted by Gasteiger charge is 2.82. The van der Waals surface area contributed by atoms with Gasteiger partial charge in [-0.3, -0.25) is 9.78 Å². The van der Waals surface area contributed by atoms with E-state index in [9.17, 15) is 35.5 Å². The van der Waals surface area contributed by atoms with Crippen LogP contribution >= 0.6 is 0 Å². The second-order valence-electron chi connectivity index (χ2n) is 8.18. The number of amides is 1. The Labute approximate surface area is 208 Å². The number of benzene rings is 3. The Hall–Kier alpha value is -4.09. The van der Waals surface area contributed by atoms with Gasteiger partial charge in [0.05, 0.1) is 11.2 Å². The van der Waals surface area contributed by atoms with Crippen LogP contribution in [0.5, 0.6) is 0 Å². The summed E-state index contributed by atoms with van der Waals surface area (Å²) in [6.07, 6.45) is -5.65. The van der Waals surface area contributed by atoms with Crippen LogP contribution in [0.2, 0.25) is 0 Å². The largest absolute Gasteiger partial charge is 0.460 e. The molecule has 1 aromatic heterocycles. The Bertz CT molecular complexity index is 1480. The molecule has 0 aliphatic rings. The molecule has 4 aromatic rings. The number of nitrogens with one attached hydrogen (secondary N) is 1. The van der Waals surface area contributed by atoms with Crippen molar-refractivity contribution in [3.63, 3.8) is 0 Å². The van der Waals surface area contributed by atoms with Crippen molar-refractivity contribution in [2.45, 2.75) is 23.9 Å². The summed E-state index contributed by atoms with van der Waals surface area (Å²) in [5.41, 5.74) is -3.18. The highest BCUT2D eigenvalue weighted by Crippen LogP contribution is 2.57. The van der Waals surface area contributed by atoms with Crippen LogP contribution < -0.4 is 5.32 Å². The van der Waals surface area contributed by atoms with Crippen LogP contribution in [0.25, 0.3) is 22.0 Å². The van der Waals surface area contributed by atoms with Crippen molar-refractivity contribution < 1.29 is 44.3 Å². The van der Waals surface area contributed by atoms with Gasteiger partial charge in [0.2, 0.25) is 0 Å². The molecule has 1 amide bonds. The molecule has 0 bridgehead atoms. The summed E-state index contributed by atoms with van der Waals surface area (Å²) in [4.78, 5) is 17.1. The molecule has 12 heteroatoms. The number of para-hydroxylation sites is 1. The summed E-state index contributed by atoms with van der Waals surface area (Å²) in [5, 5.41) is 2.71. The summed E-state index contributed by atoms with van der Waals surface area (Å²) in [6, 6.07) is 16.7. The normalized spacial score (nSPS) is 13.0. The number of hydrogen-bond acceptors (Lipinski definition) is 2. The molecule has 0 unspecified atom stereocenters. The molecule has 0 aliphatic heterocycles. The second-order valence-corrected chi connectivity index (χ2v) is 8.18. The zero-order chi connectivity index (χ0) is 27.9. The van der Waals surface area contributed by atoms with E-state index in [-0.39, 0.29) is 22.3 Å². The Balaban J connectivity index is 1.88. The third kappa shape index (κ3) is 4.44. The van der Waals surface area contributed by atoms with E-state index in [1.165, 1.54) is 48.7 Å². The van der Waals surface area contributed by atoms with Gasteiger partial charge < -0.3 is 5.32 Å². The fourth-order valence-corrected chi connectivity index (χ4v) is 3.75. The minimum absolute atomic E-state index is 0.0399. The molecule has 0 atom stereocenters. The number of carbonyl (C=O) groups is 1. The molecule has 0 spiro atoms. The third-order valence-electron chi connectivity index (χ3n) is 5.74. The van der Waals surface area contributed by atoms with E-state index in [0.29, 0.717) is 17.5 Å². The molecular weight excluding hydrogens is 527 g/mol. The van der Waals surface area contributed by atoms with Crippen molar-refractivity contribution in [1.29, 1.82) is 0 Å². The number of hydrogen-bond donors (Lipinski definition) is 1. The van der Waals surface area contributed by atoms with Gasteiger partial charge in [0, 0.05) is 22.7 Å². The fourth-order valence-electron chi connectivity index (χ4n) is 3.75. The van der Waals surface area contributed by atoms with E-state index >= 15 is 8.78 Å². The van der Waals surface area contributed by atoms with E-state index in [2.05, 4.69) is 10.3 Å². The molecule has 3 aromatic carbocycles. The van der Waals surface area contributed by atoms with Gasteiger partial charge in [0.1, 0.15) is 0 Å². The number of aromatic nitrogens is 1. The lowest BCUT2D eigenvalue weighted by Crippen LogP contribution is -2.59. The predicted octanol–water partition coefficient (Wildman–Crippen LogP) is 8.08. The smallest absolute Gasteiger partial charge is 0.320 e. The lowest BCUT2D eigenvalue weighted by molar-refractivity contribution is -0.399. The topological polar surface area (TPSA) is 42.0 Å². The number of alkyl halides is 9. The highest BCUT2D eigenvalue weighted by molar-refractivity contribution is 6.09. The molecule has 0 saturated carbocycles. The average molecular weight is 542 g/mol. The number of nitrogens with zero attached hydrogens (tertiary/aromatic N) is 1. The van der Waals surface area contributed by atoms with Gasteiger partial charge in [0.15, 0.2) is 0 Å². The Morgan fingerprint density at radius 2 is 1.34 bits per heavy atom. The summed E-state index contributed by atoms with van der Waals surface area (Å²) < 4.78 is 125. The number of rotatable bonds is 6. The maximum Gasteiger partial charge on any atom is 0.460 e. The Kier molecular flexibility index (Phi) is 6.62. The first-order chi connectivity index (χ1) is 17.7. The minimum atomic E-state index is -7.13. The maximum absolute atomic E-state index is 15.1. The number of pyridine rings is 1. The first kappa shape index (κ1) is 27.0.